The monoisotopic (exact) mass is 229 g/mol. The fourth-order valence-electron chi connectivity index (χ4n) is 2.92. The molecule has 0 saturated heterocycles. The van der Waals surface area contributed by atoms with E-state index in [0.717, 1.165) is 0 Å². The molecule has 92 valence electrons. The Balaban J connectivity index is 2.38. The minimum absolute atomic E-state index is 0.413. The molecular formula is C16H23N. The third-order valence-electron chi connectivity index (χ3n) is 3.82. The Morgan fingerprint density at radius 3 is 2.35 bits per heavy atom. The molecule has 1 heteroatoms. The lowest BCUT2D eigenvalue weighted by Crippen LogP contribution is -2.21. The van der Waals surface area contributed by atoms with Crippen LogP contribution in [0.4, 0.5) is 0 Å². The maximum absolute atomic E-state index is 3.50. The van der Waals surface area contributed by atoms with Crippen LogP contribution in [0, 0.1) is 13.8 Å². The smallest absolute Gasteiger partial charge is 0.0538 e. The van der Waals surface area contributed by atoms with Gasteiger partial charge >= 0.3 is 0 Å². The van der Waals surface area contributed by atoms with E-state index in [-0.39, 0.29) is 0 Å². The Hall–Kier alpha value is -1.08. The van der Waals surface area contributed by atoms with E-state index in [9.17, 15) is 0 Å². The van der Waals surface area contributed by atoms with Crippen molar-refractivity contribution < 1.29 is 0 Å². The lowest BCUT2D eigenvalue weighted by molar-refractivity contribution is 0.589. The summed E-state index contributed by atoms with van der Waals surface area (Å²) in [6.07, 6.45) is 7.63. The average molecular weight is 229 g/mol. The highest BCUT2D eigenvalue weighted by molar-refractivity contribution is 5.40. The van der Waals surface area contributed by atoms with Crippen LogP contribution in [0.1, 0.15) is 48.4 Å². The van der Waals surface area contributed by atoms with E-state index in [0.29, 0.717) is 6.04 Å². The summed E-state index contributed by atoms with van der Waals surface area (Å²) in [6, 6.07) is 7.00. The maximum atomic E-state index is 3.50. The van der Waals surface area contributed by atoms with Gasteiger partial charge in [0.25, 0.3) is 0 Å². The lowest BCUT2D eigenvalue weighted by Gasteiger charge is -2.26. The second kappa shape index (κ2) is 5.50. The van der Waals surface area contributed by atoms with Gasteiger partial charge in [-0.3, -0.25) is 0 Å². The lowest BCUT2D eigenvalue weighted by atomic mass is 9.86. The number of hydrogen-bond donors (Lipinski definition) is 1. The van der Waals surface area contributed by atoms with E-state index in [1.54, 1.807) is 5.57 Å². The molecule has 1 atom stereocenters. The molecular weight excluding hydrogens is 206 g/mol. The van der Waals surface area contributed by atoms with Crippen molar-refractivity contribution in [3.05, 3.63) is 46.5 Å². The normalized spacial score (nSPS) is 17.7. The average Bonchev–Trinajstić information content (AvgIpc) is 2.35. The zero-order valence-corrected chi connectivity index (χ0v) is 11.2. The molecule has 1 aromatic rings. The Morgan fingerprint density at radius 1 is 1.12 bits per heavy atom. The Bertz CT molecular complexity index is 397. The van der Waals surface area contributed by atoms with Crippen molar-refractivity contribution >= 4 is 0 Å². The summed E-state index contributed by atoms with van der Waals surface area (Å²) in [7, 11) is 2.08. The van der Waals surface area contributed by atoms with Gasteiger partial charge in [0.15, 0.2) is 0 Å². The largest absolute Gasteiger partial charge is 0.310 e. The number of hydrogen-bond acceptors (Lipinski definition) is 1. The van der Waals surface area contributed by atoms with Crippen LogP contribution >= 0.6 is 0 Å². The molecule has 17 heavy (non-hydrogen) atoms. The molecule has 0 bridgehead atoms. The van der Waals surface area contributed by atoms with Gasteiger partial charge in [0.1, 0.15) is 0 Å². The summed E-state index contributed by atoms with van der Waals surface area (Å²) in [4.78, 5) is 0. The number of nitrogens with one attached hydrogen (secondary N) is 1. The van der Waals surface area contributed by atoms with Crippen LogP contribution in [0.25, 0.3) is 0 Å². The van der Waals surface area contributed by atoms with Crippen molar-refractivity contribution in [1.82, 2.24) is 5.32 Å². The molecule has 1 N–H and O–H groups in total. The quantitative estimate of drug-likeness (QED) is 0.771. The number of aryl methyl sites for hydroxylation is 2. The van der Waals surface area contributed by atoms with Gasteiger partial charge in [-0.15, -0.1) is 0 Å². The molecule has 0 fully saturated rings. The second-order valence-electron chi connectivity index (χ2n) is 5.05. The zero-order chi connectivity index (χ0) is 12.3. The van der Waals surface area contributed by atoms with Crippen molar-refractivity contribution in [3.63, 3.8) is 0 Å². The summed E-state index contributed by atoms with van der Waals surface area (Å²) in [5.41, 5.74) is 5.85. The summed E-state index contributed by atoms with van der Waals surface area (Å²) < 4.78 is 0. The van der Waals surface area contributed by atoms with Crippen molar-refractivity contribution in [2.24, 2.45) is 0 Å². The first-order valence-corrected chi connectivity index (χ1v) is 6.66. The molecule has 1 nitrogen and oxygen atoms in total. The van der Waals surface area contributed by atoms with Gasteiger partial charge < -0.3 is 5.32 Å². The highest BCUT2D eigenvalue weighted by atomic mass is 14.9. The van der Waals surface area contributed by atoms with Crippen molar-refractivity contribution in [2.45, 2.75) is 45.6 Å². The molecule has 1 aliphatic carbocycles. The summed E-state index contributed by atoms with van der Waals surface area (Å²) in [6.45, 7) is 4.44. The number of allylic oxidation sites excluding steroid dienone is 1. The van der Waals surface area contributed by atoms with Crippen LogP contribution in [0.3, 0.4) is 0 Å². The molecule has 0 saturated carbocycles. The van der Waals surface area contributed by atoms with Gasteiger partial charge in [-0.2, -0.15) is 0 Å². The van der Waals surface area contributed by atoms with E-state index in [4.69, 9.17) is 0 Å². The predicted octanol–water partition coefficient (Wildman–Crippen LogP) is 4.06. The third kappa shape index (κ3) is 2.61. The van der Waals surface area contributed by atoms with Crippen LogP contribution < -0.4 is 5.32 Å². The number of rotatable bonds is 3. The molecule has 0 amide bonds. The fourth-order valence-corrected chi connectivity index (χ4v) is 2.92. The Labute approximate surface area is 105 Å². The summed E-state index contributed by atoms with van der Waals surface area (Å²) in [5.74, 6) is 0. The zero-order valence-electron chi connectivity index (χ0n) is 11.2. The minimum Gasteiger partial charge on any atom is -0.310 e. The van der Waals surface area contributed by atoms with Gasteiger partial charge in [-0.05, 0) is 63.3 Å². The molecule has 1 unspecified atom stereocenters. The molecule has 0 aliphatic heterocycles. The first kappa shape index (κ1) is 12.4. The van der Waals surface area contributed by atoms with Crippen LogP contribution in [0.2, 0.25) is 0 Å². The van der Waals surface area contributed by atoms with E-state index >= 15 is 0 Å². The number of likely N-dealkylation sites (N-methyl/N-ethyl adjacent to an activating group) is 1. The third-order valence-corrected chi connectivity index (χ3v) is 3.82. The van der Waals surface area contributed by atoms with E-state index in [2.05, 4.69) is 50.5 Å². The van der Waals surface area contributed by atoms with Crippen LogP contribution in [0.5, 0.6) is 0 Å². The molecule has 2 rings (SSSR count). The first-order chi connectivity index (χ1) is 8.24. The van der Waals surface area contributed by atoms with Crippen molar-refractivity contribution in [1.29, 1.82) is 0 Å². The van der Waals surface area contributed by atoms with E-state index < -0.39 is 0 Å². The summed E-state index contributed by atoms with van der Waals surface area (Å²) >= 11 is 0. The SMILES string of the molecule is CNC(C1=CCCCC1)c1c(C)cccc1C. The van der Waals surface area contributed by atoms with E-state index in [1.807, 2.05) is 0 Å². The maximum Gasteiger partial charge on any atom is 0.0538 e. The predicted molar refractivity (Wildman–Crippen MR) is 74.3 cm³/mol. The van der Waals surface area contributed by atoms with Gasteiger partial charge in [-0.1, -0.05) is 29.8 Å². The van der Waals surface area contributed by atoms with Crippen molar-refractivity contribution in [3.8, 4) is 0 Å². The van der Waals surface area contributed by atoms with Gasteiger partial charge in [-0.25, -0.2) is 0 Å². The molecule has 0 spiro atoms. The van der Waals surface area contributed by atoms with Crippen LogP contribution in [-0.4, -0.2) is 7.05 Å². The minimum atomic E-state index is 0.413. The fraction of sp³-hybridized carbons (Fsp3) is 0.500. The Kier molecular flexibility index (Phi) is 4.01. The molecule has 1 aliphatic rings. The highest BCUT2D eigenvalue weighted by Crippen LogP contribution is 2.32. The second-order valence-corrected chi connectivity index (χ2v) is 5.05. The first-order valence-electron chi connectivity index (χ1n) is 6.66. The van der Waals surface area contributed by atoms with Crippen LogP contribution in [-0.2, 0) is 0 Å². The molecule has 0 heterocycles. The molecule has 0 radical (unpaired) electrons. The van der Waals surface area contributed by atoms with Crippen LogP contribution in [0.15, 0.2) is 29.8 Å². The van der Waals surface area contributed by atoms with Gasteiger partial charge in [0.05, 0.1) is 6.04 Å². The standard InChI is InChI=1S/C16H23N/c1-12-8-7-9-13(2)15(12)16(17-3)14-10-5-4-6-11-14/h7-10,16-17H,4-6,11H2,1-3H3. The highest BCUT2D eigenvalue weighted by Gasteiger charge is 2.19. The molecule has 0 aromatic heterocycles. The Morgan fingerprint density at radius 2 is 1.82 bits per heavy atom. The summed E-state index contributed by atoms with van der Waals surface area (Å²) in [5, 5.41) is 3.50. The van der Waals surface area contributed by atoms with Gasteiger partial charge in [0, 0.05) is 0 Å². The number of benzene rings is 1. The topological polar surface area (TPSA) is 12.0 Å². The van der Waals surface area contributed by atoms with Crippen molar-refractivity contribution in [2.75, 3.05) is 7.05 Å². The van der Waals surface area contributed by atoms with E-state index in [1.165, 1.54) is 42.4 Å². The molecule has 1 aromatic carbocycles. The van der Waals surface area contributed by atoms with Gasteiger partial charge in [0.2, 0.25) is 0 Å².